The minimum absolute atomic E-state index is 0.0987. The second kappa shape index (κ2) is 7.33. The number of nitrogens with two attached hydrogens (primary N) is 1. The topological polar surface area (TPSA) is 115 Å². The van der Waals surface area contributed by atoms with Crippen molar-refractivity contribution in [1.82, 2.24) is 14.4 Å². The lowest BCUT2D eigenvalue weighted by Gasteiger charge is -2.17. The third-order valence-electron chi connectivity index (χ3n) is 4.29. The first kappa shape index (κ1) is 20.6. The van der Waals surface area contributed by atoms with Gasteiger partial charge in [-0.05, 0) is 36.4 Å². The number of hydroxylamine groups is 2. The fourth-order valence-corrected chi connectivity index (χ4v) is 3.47. The average Bonchev–Trinajstić information content (AvgIpc) is 3.13. The van der Waals surface area contributed by atoms with Crippen LogP contribution in [0, 0.1) is 5.82 Å². The Kier molecular flexibility index (Phi) is 5.20. The van der Waals surface area contributed by atoms with Crippen LogP contribution < -0.4 is 9.79 Å². The van der Waals surface area contributed by atoms with E-state index in [1.165, 1.54) is 60.3 Å². The van der Waals surface area contributed by atoms with Crippen molar-refractivity contribution >= 4 is 21.7 Å². The third-order valence-corrected chi connectivity index (χ3v) is 5.24. The van der Waals surface area contributed by atoms with Crippen molar-refractivity contribution in [3.8, 4) is 16.9 Å². The highest BCUT2D eigenvalue weighted by Gasteiger charge is 2.36. The van der Waals surface area contributed by atoms with E-state index in [2.05, 4.69) is 11.7 Å². The van der Waals surface area contributed by atoms with E-state index in [0.717, 1.165) is 6.08 Å². The van der Waals surface area contributed by atoms with Gasteiger partial charge >= 0.3 is 5.91 Å². The molecule has 0 saturated carbocycles. The first-order valence-corrected chi connectivity index (χ1v) is 9.85. The van der Waals surface area contributed by atoms with E-state index in [-0.39, 0.29) is 16.4 Å². The maximum atomic E-state index is 13.4. The second-order valence-corrected chi connectivity index (χ2v) is 7.85. The highest BCUT2D eigenvalue weighted by atomic mass is 32.2. The minimum Gasteiger partial charge on any atom is -0.226 e. The van der Waals surface area contributed by atoms with Crippen molar-refractivity contribution in [3.05, 3.63) is 73.1 Å². The van der Waals surface area contributed by atoms with Gasteiger partial charge in [0, 0.05) is 11.6 Å². The number of para-hydroxylation sites is 1. The van der Waals surface area contributed by atoms with Crippen LogP contribution in [0.4, 0.5) is 10.2 Å². The van der Waals surface area contributed by atoms with Crippen LogP contribution >= 0.6 is 0 Å². The Balaban J connectivity index is 2.33. The molecule has 29 heavy (non-hydrogen) atoms. The van der Waals surface area contributed by atoms with Crippen molar-refractivity contribution in [1.29, 1.82) is 0 Å². The number of rotatable bonds is 5. The van der Waals surface area contributed by atoms with Gasteiger partial charge < -0.3 is 0 Å². The molecule has 0 aliphatic rings. The predicted molar refractivity (Wildman–Crippen MR) is 105 cm³/mol. The molecule has 10 heteroatoms. The Morgan fingerprint density at radius 1 is 1.24 bits per heavy atom. The lowest BCUT2D eigenvalue weighted by atomic mass is 10.1. The molecule has 150 valence electrons. The summed E-state index contributed by atoms with van der Waals surface area (Å²) in [5.74, 6) is -1.31. The van der Waals surface area contributed by atoms with Gasteiger partial charge in [0.05, 0.1) is 17.4 Å². The molecule has 0 fully saturated rings. The lowest BCUT2D eigenvalue weighted by molar-refractivity contribution is -0.151. The Morgan fingerprint density at radius 2 is 1.86 bits per heavy atom. The second-order valence-electron chi connectivity index (χ2n) is 6.32. The SMILES string of the molecule is C=CC(=O)[N+](C)(O)c1cc(-c2ccc(F)cc2)n(-c2ccccc2S(N)(=O)=O)n1. The van der Waals surface area contributed by atoms with Gasteiger partial charge in [0.15, 0.2) is 0 Å². The zero-order chi connectivity index (χ0) is 21.4. The van der Waals surface area contributed by atoms with Crippen LogP contribution in [0.15, 0.2) is 72.1 Å². The fraction of sp³-hybridized carbons (Fsp3) is 0.0526. The number of quaternary nitrogens is 1. The van der Waals surface area contributed by atoms with Crippen molar-refractivity contribution in [3.63, 3.8) is 0 Å². The lowest BCUT2D eigenvalue weighted by Crippen LogP contribution is -2.46. The summed E-state index contributed by atoms with van der Waals surface area (Å²) >= 11 is 0. The third kappa shape index (κ3) is 3.87. The summed E-state index contributed by atoms with van der Waals surface area (Å²) in [6, 6.07) is 12.6. The molecule has 1 unspecified atom stereocenters. The molecule has 1 heterocycles. The highest BCUT2D eigenvalue weighted by molar-refractivity contribution is 7.89. The molecular formula is C19H18FN4O4S+. The molecule has 0 aliphatic heterocycles. The zero-order valence-electron chi connectivity index (χ0n) is 15.4. The minimum atomic E-state index is -4.11. The number of likely N-dealkylation sites (N-methyl/N-ethyl adjacent to an activating group) is 1. The Labute approximate surface area is 166 Å². The van der Waals surface area contributed by atoms with Crippen LogP contribution in [0.1, 0.15) is 0 Å². The van der Waals surface area contributed by atoms with E-state index in [0.29, 0.717) is 11.3 Å². The van der Waals surface area contributed by atoms with Crippen LogP contribution in [0.25, 0.3) is 16.9 Å². The van der Waals surface area contributed by atoms with Gasteiger partial charge in [0.1, 0.15) is 17.8 Å². The number of amides is 1. The summed E-state index contributed by atoms with van der Waals surface area (Å²) in [6.07, 6.45) is 0.939. The number of aromatic nitrogens is 2. The molecular weight excluding hydrogens is 399 g/mol. The Hall–Kier alpha value is -3.18. The highest BCUT2D eigenvalue weighted by Crippen LogP contribution is 2.31. The number of benzene rings is 2. The molecule has 3 aromatic rings. The number of halogens is 1. The van der Waals surface area contributed by atoms with E-state index in [4.69, 9.17) is 5.14 Å². The molecule has 0 aliphatic carbocycles. The molecule has 0 spiro atoms. The summed E-state index contributed by atoms with van der Waals surface area (Å²) < 4.78 is 37.4. The number of nitrogens with zero attached hydrogens (tertiary/aromatic N) is 3. The van der Waals surface area contributed by atoms with Crippen LogP contribution in [0.2, 0.25) is 0 Å². The van der Waals surface area contributed by atoms with E-state index in [9.17, 15) is 22.8 Å². The standard InChI is InChI=1S/C19H18FN4O4S/c1-3-19(25)24(2,26)18-12-16(13-8-10-14(20)11-9-13)23(22-18)15-6-4-5-7-17(15)29(21,27)28/h3-12,26H,1H2,2H3,(H2,21,27,28)/q+1. The Morgan fingerprint density at radius 3 is 2.45 bits per heavy atom. The van der Waals surface area contributed by atoms with Gasteiger partial charge in [-0.1, -0.05) is 23.4 Å². The molecule has 0 bridgehead atoms. The molecule has 3 N–H and O–H groups in total. The predicted octanol–water partition coefficient (Wildman–Crippen LogP) is 2.36. The van der Waals surface area contributed by atoms with E-state index < -0.39 is 26.4 Å². The van der Waals surface area contributed by atoms with E-state index in [1.807, 2.05) is 0 Å². The molecule has 3 rings (SSSR count). The molecule has 1 atom stereocenters. The Bertz CT molecular complexity index is 1200. The summed E-state index contributed by atoms with van der Waals surface area (Å²) in [7, 11) is -2.91. The van der Waals surface area contributed by atoms with Gasteiger partial charge in [-0.2, -0.15) is 0 Å². The number of sulfonamides is 1. The molecule has 0 saturated heterocycles. The maximum Gasteiger partial charge on any atom is 0.376 e. The van der Waals surface area contributed by atoms with Crippen molar-refractivity contribution in [2.24, 2.45) is 5.14 Å². The van der Waals surface area contributed by atoms with Gasteiger partial charge in [0.25, 0.3) is 5.82 Å². The van der Waals surface area contributed by atoms with Crippen molar-refractivity contribution in [2.45, 2.75) is 4.90 Å². The first-order chi connectivity index (χ1) is 13.6. The summed E-state index contributed by atoms with van der Waals surface area (Å²) in [5, 5.41) is 20.2. The largest absolute Gasteiger partial charge is 0.376 e. The quantitative estimate of drug-likeness (QED) is 0.286. The summed E-state index contributed by atoms with van der Waals surface area (Å²) in [6.45, 7) is 3.36. The van der Waals surface area contributed by atoms with Gasteiger partial charge in [-0.3, -0.25) is 0 Å². The molecule has 1 aromatic heterocycles. The molecule has 0 radical (unpaired) electrons. The first-order valence-electron chi connectivity index (χ1n) is 8.30. The van der Waals surface area contributed by atoms with E-state index in [1.54, 1.807) is 6.07 Å². The van der Waals surface area contributed by atoms with Gasteiger partial charge in [0.2, 0.25) is 10.0 Å². The summed E-state index contributed by atoms with van der Waals surface area (Å²) in [5.41, 5.74) is 0.887. The smallest absolute Gasteiger partial charge is 0.226 e. The average molecular weight is 417 g/mol. The van der Waals surface area contributed by atoms with Gasteiger partial charge in [-0.25, -0.2) is 32.6 Å². The maximum absolute atomic E-state index is 13.4. The fourth-order valence-electron chi connectivity index (χ4n) is 2.75. The number of carbonyl (C=O) groups is 1. The number of carbonyl (C=O) groups excluding carboxylic acids is 1. The van der Waals surface area contributed by atoms with Crippen LogP contribution in [0.5, 0.6) is 0 Å². The monoisotopic (exact) mass is 417 g/mol. The van der Waals surface area contributed by atoms with Crippen LogP contribution in [-0.2, 0) is 14.8 Å². The molecule has 2 aromatic carbocycles. The molecule has 8 nitrogen and oxygen atoms in total. The normalized spacial score (nSPS) is 13.7. The number of hydrogen-bond acceptors (Lipinski definition) is 5. The van der Waals surface area contributed by atoms with Gasteiger partial charge in [-0.15, -0.1) is 5.10 Å². The summed E-state index contributed by atoms with van der Waals surface area (Å²) in [4.78, 5) is 11.9. The van der Waals surface area contributed by atoms with Crippen molar-refractivity contribution in [2.75, 3.05) is 7.05 Å². The van der Waals surface area contributed by atoms with Crippen LogP contribution in [0.3, 0.4) is 0 Å². The number of hydrogen-bond donors (Lipinski definition) is 2. The molecule has 1 amide bonds. The number of primary sulfonamides is 1. The zero-order valence-corrected chi connectivity index (χ0v) is 16.2. The van der Waals surface area contributed by atoms with Crippen molar-refractivity contribution < 1.29 is 22.8 Å². The van der Waals surface area contributed by atoms with E-state index >= 15 is 0 Å². The van der Waals surface area contributed by atoms with Crippen LogP contribution in [-0.4, -0.2) is 36.4 Å².